The van der Waals surface area contributed by atoms with Crippen molar-refractivity contribution in [2.45, 2.75) is 63.6 Å². The number of imidazole rings is 1. The van der Waals surface area contributed by atoms with Crippen LogP contribution in [-0.4, -0.2) is 26.4 Å². The molecule has 1 heterocycles. The second-order valence-corrected chi connectivity index (χ2v) is 7.52. The smallest absolute Gasteiger partial charge is 0.313 e. The Labute approximate surface area is 125 Å². The van der Waals surface area contributed by atoms with E-state index in [1.807, 2.05) is 6.20 Å². The molecule has 1 N–H and O–H groups in total. The van der Waals surface area contributed by atoms with Crippen molar-refractivity contribution in [3.63, 3.8) is 0 Å². The summed E-state index contributed by atoms with van der Waals surface area (Å²) in [5.41, 5.74) is 1.25. The zero-order valence-corrected chi connectivity index (χ0v) is 13.5. The van der Waals surface area contributed by atoms with Crippen LogP contribution in [0.5, 0.6) is 0 Å². The molecule has 1 saturated carbocycles. The standard InChI is InChI=1S/C15H24N2O2S/c1-5-6-10-7-11(10)17-12(15(2,3)4)8-16-14(17)20-9-13(18)19/h8,10-11H,5-7,9H2,1-4H3,(H,18,19). The summed E-state index contributed by atoms with van der Waals surface area (Å²) in [7, 11) is 0. The van der Waals surface area contributed by atoms with Gasteiger partial charge in [-0.25, -0.2) is 4.98 Å². The van der Waals surface area contributed by atoms with E-state index in [0.29, 0.717) is 6.04 Å². The van der Waals surface area contributed by atoms with E-state index in [9.17, 15) is 4.79 Å². The molecule has 1 aromatic heterocycles. The number of aromatic nitrogens is 2. The third kappa shape index (κ3) is 3.37. The molecule has 2 rings (SSSR count). The lowest BCUT2D eigenvalue weighted by atomic mass is 9.92. The van der Waals surface area contributed by atoms with Crippen LogP contribution in [0.3, 0.4) is 0 Å². The van der Waals surface area contributed by atoms with Crippen LogP contribution in [0.1, 0.15) is 58.7 Å². The summed E-state index contributed by atoms with van der Waals surface area (Å²) in [6.45, 7) is 8.77. The first-order valence-corrected chi connectivity index (χ1v) is 8.25. The fourth-order valence-corrected chi connectivity index (χ4v) is 3.43. The van der Waals surface area contributed by atoms with Crippen LogP contribution >= 0.6 is 11.8 Å². The van der Waals surface area contributed by atoms with Crippen LogP contribution in [0.2, 0.25) is 0 Å². The van der Waals surface area contributed by atoms with Crippen molar-refractivity contribution in [3.8, 4) is 0 Å². The molecule has 4 nitrogen and oxygen atoms in total. The highest BCUT2D eigenvalue weighted by Crippen LogP contribution is 2.49. The topological polar surface area (TPSA) is 55.1 Å². The van der Waals surface area contributed by atoms with Gasteiger partial charge in [0.2, 0.25) is 0 Å². The zero-order valence-electron chi connectivity index (χ0n) is 12.7. The van der Waals surface area contributed by atoms with Gasteiger partial charge in [0.25, 0.3) is 0 Å². The molecule has 0 spiro atoms. The van der Waals surface area contributed by atoms with E-state index in [1.165, 1.54) is 36.7 Å². The monoisotopic (exact) mass is 296 g/mol. The van der Waals surface area contributed by atoms with Crippen LogP contribution in [0.25, 0.3) is 0 Å². The molecule has 0 bridgehead atoms. The fraction of sp³-hybridized carbons (Fsp3) is 0.733. The van der Waals surface area contributed by atoms with Crippen molar-refractivity contribution < 1.29 is 9.90 Å². The lowest BCUT2D eigenvalue weighted by Gasteiger charge is -2.22. The Kier molecular flexibility index (Phi) is 4.47. The summed E-state index contributed by atoms with van der Waals surface area (Å²) in [6.07, 6.45) is 5.58. The Morgan fingerprint density at radius 2 is 2.25 bits per heavy atom. The number of carbonyl (C=O) groups is 1. The molecule has 5 heteroatoms. The number of carboxylic acids is 1. The highest BCUT2D eigenvalue weighted by molar-refractivity contribution is 7.99. The van der Waals surface area contributed by atoms with Crippen LogP contribution in [0, 0.1) is 5.92 Å². The zero-order chi connectivity index (χ0) is 14.9. The summed E-state index contributed by atoms with van der Waals surface area (Å²) in [6, 6.07) is 0.517. The van der Waals surface area contributed by atoms with Gasteiger partial charge in [-0.05, 0) is 18.8 Å². The Hall–Kier alpha value is -0.970. The lowest BCUT2D eigenvalue weighted by molar-refractivity contribution is -0.133. The highest BCUT2D eigenvalue weighted by atomic mass is 32.2. The van der Waals surface area contributed by atoms with E-state index in [4.69, 9.17) is 5.11 Å². The summed E-state index contributed by atoms with van der Waals surface area (Å²) in [5.74, 6) is 0.0217. The molecule has 1 fully saturated rings. The summed E-state index contributed by atoms with van der Waals surface area (Å²) >= 11 is 1.33. The minimum Gasteiger partial charge on any atom is -0.481 e. The normalized spacial score (nSPS) is 22.0. The maximum Gasteiger partial charge on any atom is 0.313 e. The van der Waals surface area contributed by atoms with Gasteiger partial charge >= 0.3 is 5.97 Å². The number of thioether (sulfide) groups is 1. The minimum absolute atomic E-state index is 0.0361. The maximum absolute atomic E-state index is 10.8. The van der Waals surface area contributed by atoms with Gasteiger partial charge in [-0.2, -0.15) is 0 Å². The summed E-state index contributed by atoms with van der Waals surface area (Å²) < 4.78 is 2.30. The largest absolute Gasteiger partial charge is 0.481 e. The molecular weight excluding hydrogens is 272 g/mol. The van der Waals surface area contributed by atoms with Gasteiger partial charge in [-0.15, -0.1) is 0 Å². The molecular formula is C15H24N2O2S. The van der Waals surface area contributed by atoms with Crippen LogP contribution in [-0.2, 0) is 10.2 Å². The predicted molar refractivity (Wildman–Crippen MR) is 81.3 cm³/mol. The van der Waals surface area contributed by atoms with Crippen molar-refractivity contribution >= 4 is 17.7 Å². The maximum atomic E-state index is 10.8. The molecule has 2 atom stereocenters. The van der Waals surface area contributed by atoms with Gasteiger partial charge in [0.05, 0.1) is 5.75 Å². The highest BCUT2D eigenvalue weighted by Gasteiger charge is 2.41. The minimum atomic E-state index is -0.789. The molecule has 2 unspecified atom stereocenters. The van der Waals surface area contributed by atoms with E-state index in [-0.39, 0.29) is 11.2 Å². The third-order valence-electron chi connectivity index (χ3n) is 3.73. The van der Waals surface area contributed by atoms with Crippen LogP contribution in [0.15, 0.2) is 11.4 Å². The first-order chi connectivity index (χ1) is 9.34. The summed E-state index contributed by atoms with van der Waals surface area (Å²) in [5, 5.41) is 9.73. The second kappa shape index (κ2) is 5.80. The van der Waals surface area contributed by atoms with Crippen LogP contribution in [0.4, 0.5) is 0 Å². The lowest BCUT2D eigenvalue weighted by Crippen LogP contribution is -2.18. The number of aliphatic carboxylic acids is 1. The van der Waals surface area contributed by atoms with E-state index in [1.54, 1.807) is 0 Å². The SMILES string of the molecule is CCCC1CC1n1c(C(C)(C)C)cnc1SCC(=O)O. The summed E-state index contributed by atoms with van der Waals surface area (Å²) in [4.78, 5) is 15.3. The van der Waals surface area contributed by atoms with Gasteiger partial charge in [-0.1, -0.05) is 45.9 Å². The number of rotatable bonds is 6. The Balaban J connectivity index is 2.25. The Bertz CT molecular complexity index is 491. The molecule has 112 valence electrons. The van der Waals surface area contributed by atoms with Crippen molar-refractivity contribution in [2.24, 2.45) is 5.92 Å². The average molecular weight is 296 g/mol. The van der Waals surface area contributed by atoms with E-state index in [2.05, 4.69) is 37.2 Å². The number of nitrogens with zero attached hydrogens (tertiary/aromatic N) is 2. The predicted octanol–water partition coefficient (Wildman–Crippen LogP) is 3.72. The quantitative estimate of drug-likeness (QED) is 0.813. The van der Waals surface area contributed by atoms with E-state index >= 15 is 0 Å². The molecule has 0 amide bonds. The molecule has 1 aliphatic carbocycles. The van der Waals surface area contributed by atoms with Gasteiger partial charge < -0.3 is 9.67 Å². The molecule has 0 saturated heterocycles. The second-order valence-electron chi connectivity index (χ2n) is 6.58. The molecule has 20 heavy (non-hydrogen) atoms. The fourth-order valence-electron chi connectivity index (χ4n) is 2.68. The van der Waals surface area contributed by atoms with Gasteiger partial charge in [0, 0.05) is 23.3 Å². The van der Waals surface area contributed by atoms with Gasteiger partial charge in [0.15, 0.2) is 5.16 Å². The van der Waals surface area contributed by atoms with Crippen molar-refractivity contribution in [3.05, 3.63) is 11.9 Å². The molecule has 0 radical (unpaired) electrons. The van der Waals surface area contributed by atoms with E-state index < -0.39 is 5.97 Å². The van der Waals surface area contributed by atoms with Crippen LogP contribution < -0.4 is 0 Å². The first kappa shape index (κ1) is 15.4. The van der Waals surface area contributed by atoms with Crippen molar-refractivity contribution in [1.29, 1.82) is 0 Å². The molecule has 1 aromatic rings. The number of carboxylic acid groups (broad SMARTS) is 1. The van der Waals surface area contributed by atoms with E-state index in [0.717, 1.165) is 11.1 Å². The van der Waals surface area contributed by atoms with Gasteiger partial charge in [-0.3, -0.25) is 4.79 Å². The average Bonchev–Trinajstić information content (AvgIpc) is 2.94. The third-order valence-corrected chi connectivity index (χ3v) is 4.68. The molecule has 0 aliphatic heterocycles. The number of hydrogen-bond donors (Lipinski definition) is 1. The van der Waals surface area contributed by atoms with Crippen molar-refractivity contribution in [1.82, 2.24) is 9.55 Å². The van der Waals surface area contributed by atoms with Crippen molar-refractivity contribution in [2.75, 3.05) is 5.75 Å². The van der Waals surface area contributed by atoms with Gasteiger partial charge in [0.1, 0.15) is 0 Å². The Morgan fingerprint density at radius 1 is 1.55 bits per heavy atom. The first-order valence-electron chi connectivity index (χ1n) is 7.27. The molecule has 0 aromatic carbocycles. The molecule has 1 aliphatic rings. The number of hydrogen-bond acceptors (Lipinski definition) is 3. The Morgan fingerprint density at radius 3 is 2.80 bits per heavy atom.